The van der Waals surface area contributed by atoms with Crippen LogP contribution in [0.1, 0.15) is 15.9 Å². The number of carbonyl (C=O) groups is 2. The zero-order valence-electron chi connectivity index (χ0n) is 15.6. The molecule has 3 N–H and O–H groups in total. The Labute approximate surface area is 182 Å². The molecule has 29 heavy (non-hydrogen) atoms. The van der Waals surface area contributed by atoms with Crippen LogP contribution >= 0.6 is 27.7 Å². The number of sulfonamides is 1. The molecule has 0 bridgehead atoms. The van der Waals surface area contributed by atoms with Crippen LogP contribution in [0.4, 0.5) is 5.69 Å². The summed E-state index contributed by atoms with van der Waals surface area (Å²) in [6.45, 7) is 2.11. The van der Waals surface area contributed by atoms with Crippen LogP contribution in [0.15, 0.2) is 51.8 Å². The van der Waals surface area contributed by atoms with Crippen molar-refractivity contribution in [3.05, 3.63) is 58.1 Å². The Bertz CT molecular complexity index is 1040. The first-order chi connectivity index (χ1) is 13.7. The number of primary amides is 1. The summed E-state index contributed by atoms with van der Waals surface area (Å²) in [6, 6.07) is 10.3. The van der Waals surface area contributed by atoms with E-state index in [2.05, 4.69) is 21.2 Å². The highest BCUT2D eigenvalue weighted by atomic mass is 79.9. The molecule has 1 aliphatic heterocycles. The average molecular weight is 498 g/mol. The normalized spacial score (nSPS) is 17.7. The van der Waals surface area contributed by atoms with E-state index < -0.39 is 22.0 Å². The van der Waals surface area contributed by atoms with Gasteiger partial charge in [-0.25, -0.2) is 8.42 Å². The van der Waals surface area contributed by atoms with Gasteiger partial charge in [-0.15, -0.1) is 0 Å². The van der Waals surface area contributed by atoms with Gasteiger partial charge in [0.15, 0.2) is 0 Å². The fourth-order valence-corrected chi connectivity index (χ4v) is 6.05. The monoisotopic (exact) mass is 497 g/mol. The molecule has 1 saturated heterocycles. The Hall–Kier alpha value is -1.88. The first-order valence-corrected chi connectivity index (χ1v) is 12.2. The van der Waals surface area contributed by atoms with Gasteiger partial charge in [0.2, 0.25) is 15.9 Å². The van der Waals surface area contributed by atoms with Crippen LogP contribution in [-0.2, 0) is 14.8 Å². The van der Waals surface area contributed by atoms with E-state index in [1.807, 2.05) is 6.92 Å². The van der Waals surface area contributed by atoms with Gasteiger partial charge in [0.05, 0.1) is 4.90 Å². The number of aryl methyl sites for hydroxylation is 1. The Morgan fingerprint density at radius 2 is 1.90 bits per heavy atom. The van der Waals surface area contributed by atoms with Crippen LogP contribution in [0, 0.1) is 6.92 Å². The Balaban J connectivity index is 1.77. The summed E-state index contributed by atoms with van der Waals surface area (Å²) in [6.07, 6.45) is 0. The number of thioether (sulfide) groups is 1. The van der Waals surface area contributed by atoms with E-state index in [4.69, 9.17) is 5.73 Å². The fourth-order valence-electron chi connectivity index (χ4n) is 2.94. The predicted molar refractivity (Wildman–Crippen MR) is 117 cm³/mol. The van der Waals surface area contributed by atoms with Gasteiger partial charge in [-0.1, -0.05) is 15.9 Å². The van der Waals surface area contributed by atoms with Crippen molar-refractivity contribution in [3.63, 3.8) is 0 Å². The molecule has 0 saturated carbocycles. The van der Waals surface area contributed by atoms with Crippen molar-refractivity contribution in [1.29, 1.82) is 0 Å². The molecule has 1 unspecified atom stereocenters. The van der Waals surface area contributed by atoms with Gasteiger partial charge in [-0.05, 0) is 55.0 Å². The summed E-state index contributed by atoms with van der Waals surface area (Å²) >= 11 is 4.89. The van der Waals surface area contributed by atoms with Gasteiger partial charge < -0.3 is 11.1 Å². The Kier molecular flexibility index (Phi) is 6.67. The number of hydrogen-bond donors (Lipinski definition) is 2. The number of nitrogens with two attached hydrogens (primary N) is 1. The topological polar surface area (TPSA) is 110 Å². The minimum Gasteiger partial charge on any atom is -0.368 e. The minimum absolute atomic E-state index is 0.0492. The number of nitrogens with one attached hydrogen (secondary N) is 1. The maximum absolute atomic E-state index is 12.9. The molecule has 1 atom stereocenters. The molecule has 1 heterocycles. The Morgan fingerprint density at radius 1 is 1.21 bits per heavy atom. The number of nitrogens with zero attached hydrogens (tertiary/aromatic N) is 1. The zero-order valence-corrected chi connectivity index (χ0v) is 18.8. The van der Waals surface area contributed by atoms with Gasteiger partial charge in [-0.2, -0.15) is 16.1 Å². The second kappa shape index (κ2) is 8.86. The van der Waals surface area contributed by atoms with Gasteiger partial charge in [0, 0.05) is 33.8 Å². The van der Waals surface area contributed by atoms with E-state index in [0.29, 0.717) is 22.8 Å². The summed E-state index contributed by atoms with van der Waals surface area (Å²) in [4.78, 5) is 24.1. The van der Waals surface area contributed by atoms with E-state index >= 15 is 0 Å². The quantitative estimate of drug-likeness (QED) is 0.659. The second-order valence-corrected chi connectivity index (χ2v) is 10.4. The highest BCUT2D eigenvalue weighted by molar-refractivity contribution is 9.10. The lowest BCUT2D eigenvalue weighted by molar-refractivity contribution is -0.121. The lowest BCUT2D eigenvalue weighted by atomic mass is 10.1. The number of carbonyl (C=O) groups excluding carboxylic acids is 2. The van der Waals surface area contributed by atoms with Gasteiger partial charge in [-0.3, -0.25) is 9.59 Å². The maximum Gasteiger partial charge on any atom is 0.255 e. The molecular formula is C19H20BrN3O4S2. The number of benzene rings is 2. The molecule has 3 rings (SSSR count). The van der Waals surface area contributed by atoms with Crippen LogP contribution in [0.3, 0.4) is 0 Å². The number of rotatable bonds is 5. The molecule has 10 heteroatoms. The third-order valence-electron chi connectivity index (χ3n) is 4.55. The summed E-state index contributed by atoms with van der Waals surface area (Å²) < 4.78 is 28.0. The van der Waals surface area contributed by atoms with Crippen LogP contribution in [0.5, 0.6) is 0 Å². The predicted octanol–water partition coefficient (Wildman–Crippen LogP) is 2.60. The summed E-state index contributed by atoms with van der Waals surface area (Å²) in [5.74, 6) is -0.00786. The summed E-state index contributed by atoms with van der Waals surface area (Å²) in [5, 5.41) is 2.75. The highest BCUT2D eigenvalue weighted by Gasteiger charge is 2.36. The molecule has 0 aromatic heterocycles. The second-order valence-electron chi connectivity index (χ2n) is 6.55. The first-order valence-electron chi connectivity index (χ1n) is 8.76. The van der Waals surface area contributed by atoms with Crippen LogP contribution in [-0.4, -0.2) is 48.6 Å². The average Bonchev–Trinajstić information content (AvgIpc) is 2.70. The van der Waals surface area contributed by atoms with E-state index in [9.17, 15) is 18.0 Å². The third-order valence-corrected chi connectivity index (χ3v) is 8.38. The van der Waals surface area contributed by atoms with Crippen LogP contribution < -0.4 is 11.1 Å². The van der Waals surface area contributed by atoms with Crippen molar-refractivity contribution in [1.82, 2.24) is 4.31 Å². The number of amides is 2. The van der Waals surface area contributed by atoms with E-state index in [1.54, 1.807) is 18.2 Å². The molecule has 2 aromatic rings. The van der Waals surface area contributed by atoms with Gasteiger partial charge in [0.1, 0.15) is 6.04 Å². The zero-order chi connectivity index (χ0) is 21.2. The third kappa shape index (κ3) is 4.82. The highest BCUT2D eigenvalue weighted by Crippen LogP contribution is 2.26. The SMILES string of the molecule is Cc1cc(C(=O)Nc2ccc(S(=O)(=O)N3CCSCC3C(N)=O)cc2)ccc1Br. The largest absolute Gasteiger partial charge is 0.368 e. The van der Waals surface area contributed by atoms with Crippen molar-refractivity contribution in [2.45, 2.75) is 17.9 Å². The molecule has 0 radical (unpaired) electrons. The number of halogens is 1. The van der Waals surface area contributed by atoms with Crippen LogP contribution in [0.25, 0.3) is 0 Å². The molecule has 7 nitrogen and oxygen atoms in total. The van der Waals surface area contributed by atoms with E-state index in [-0.39, 0.29) is 17.3 Å². The van der Waals surface area contributed by atoms with Crippen molar-refractivity contribution < 1.29 is 18.0 Å². The Morgan fingerprint density at radius 3 is 2.52 bits per heavy atom. The summed E-state index contributed by atoms with van der Waals surface area (Å²) in [7, 11) is -3.86. The fraction of sp³-hybridized carbons (Fsp3) is 0.263. The summed E-state index contributed by atoms with van der Waals surface area (Å²) in [5.41, 5.74) is 7.28. The molecule has 2 aromatic carbocycles. The lowest BCUT2D eigenvalue weighted by Crippen LogP contribution is -2.52. The van der Waals surface area contributed by atoms with Crippen molar-refractivity contribution in [2.75, 3.05) is 23.4 Å². The molecular weight excluding hydrogens is 478 g/mol. The van der Waals surface area contributed by atoms with Gasteiger partial charge in [0.25, 0.3) is 5.91 Å². The standard InChI is InChI=1S/C19H20BrN3O4S2/c1-12-10-13(2-7-16(12)20)19(25)22-14-3-5-15(6-4-14)29(26,27)23-8-9-28-11-17(23)18(21)24/h2-7,10,17H,8-9,11H2,1H3,(H2,21,24)(H,22,25). The minimum atomic E-state index is -3.86. The molecule has 154 valence electrons. The smallest absolute Gasteiger partial charge is 0.255 e. The van der Waals surface area contributed by atoms with Gasteiger partial charge >= 0.3 is 0 Å². The van der Waals surface area contributed by atoms with Crippen molar-refractivity contribution in [2.24, 2.45) is 5.73 Å². The molecule has 1 fully saturated rings. The van der Waals surface area contributed by atoms with Crippen LogP contribution in [0.2, 0.25) is 0 Å². The number of anilines is 1. The number of hydrogen-bond acceptors (Lipinski definition) is 5. The van der Waals surface area contributed by atoms with Crippen molar-refractivity contribution in [3.8, 4) is 0 Å². The van der Waals surface area contributed by atoms with E-state index in [0.717, 1.165) is 14.3 Å². The molecule has 0 aliphatic carbocycles. The molecule has 2 amide bonds. The molecule has 0 spiro atoms. The van der Waals surface area contributed by atoms with E-state index in [1.165, 1.54) is 36.0 Å². The first kappa shape index (κ1) is 21.8. The molecule has 1 aliphatic rings. The lowest BCUT2D eigenvalue weighted by Gasteiger charge is -2.32. The van der Waals surface area contributed by atoms with Crippen molar-refractivity contribution >= 4 is 55.2 Å². The maximum atomic E-state index is 12.9.